The van der Waals surface area contributed by atoms with Crippen LogP contribution in [0.25, 0.3) is 11.5 Å². The molecule has 6 heteroatoms. The van der Waals surface area contributed by atoms with Gasteiger partial charge >= 0.3 is 0 Å². The molecule has 1 saturated heterocycles. The average Bonchev–Trinajstić information content (AvgIpc) is 3.04. The highest BCUT2D eigenvalue weighted by Gasteiger charge is 2.21. The van der Waals surface area contributed by atoms with Crippen LogP contribution in [-0.4, -0.2) is 29.2 Å². The monoisotopic (exact) mass is 286 g/mol. The molecule has 0 unspecified atom stereocenters. The Balaban J connectivity index is 1.72. The first-order valence-corrected chi connectivity index (χ1v) is 7.13. The van der Waals surface area contributed by atoms with Crippen molar-refractivity contribution in [1.29, 1.82) is 0 Å². The number of nitrogens with zero attached hydrogens (tertiary/aromatic N) is 2. The Morgan fingerprint density at radius 3 is 3.05 bits per heavy atom. The van der Waals surface area contributed by atoms with Crippen LogP contribution in [0.1, 0.15) is 18.4 Å². The first-order chi connectivity index (χ1) is 10.2. The summed E-state index contributed by atoms with van der Waals surface area (Å²) in [5.41, 5.74) is 2.65. The van der Waals surface area contributed by atoms with Crippen LogP contribution < -0.4 is 10.6 Å². The maximum atomic E-state index is 12.2. The molecule has 1 aliphatic rings. The Bertz CT molecular complexity index is 619. The number of nitrogens with one attached hydrogen (secondary N) is 2. The van der Waals surface area contributed by atoms with Crippen LogP contribution in [0.5, 0.6) is 0 Å². The first-order valence-electron chi connectivity index (χ1n) is 7.13. The fraction of sp³-hybridized carbons (Fsp3) is 0.400. The number of rotatable bonds is 3. The molecule has 0 spiro atoms. The van der Waals surface area contributed by atoms with E-state index in [1.807, 2.05) is 25.1 Å². The van der Waals surface area contributed by atoms with Crippen LogP contribution in [0, 0.1) is 12.8 Å². The number of aryl methyl sites for hydroxylation is 1. The lowest BCUT2D eigenvalue weighted by atomic mass is 9.98. The second kappa shape index (κ2) is 6.05. The Labute approximate surface area is 123 Å². The van der Waals surface area contributed by atoms with Gasteiger partial charge in [0.05, 0.1) is 5.92 Å². The zero-order valence-corrected chi connectivity index (χ0v) is 11.9. The van der Waals surface area contributed by atoms with E-state index in [0.717, 1.165) is 42.7 Å². The van der Waals surface area contributed by atoms with E-state index in [-0.39, 0.29) is 11.8 Å². The summed E-state index contributed by atoms with van der Waals surface area (Å²) in [4.78, 5) is 12.2. The number of carbonyl (C=O) groups excluding carboxylic acids is 1. The van der Waals surface area contributed by atoms with Gasteiger partial charge < -0.3 is 15.1 Å². The van der Waals surface area contributed by atoms with Crippen molar-refractivity contribution in [3.8, 4) is 11.5 Å². The van der Waals surface area contributed by atoms with E-state index in [1.54, 1.807) is 0 Å². The van der Waals surface area contributed by atoms with E-state index in [1.165, 1.54) is 6.39 Å². The van der Waals surface area contributed by atoms with E-state index >= 15 is 0 Å². The van der Waals surface area contributed by atoms with Gasteiger partial charge in [0.15, 0.2) is 0 Å². The number of hydrogen-bond donors (Lipinski definition) is 2. The predicted molar refractivity (Wildman–Crippen MR) is 78.7 cm³/mol. The number of piperidine rings is 1. The summed E-state index contributed by atoms with van der Waals surface area (Å²) in [5.74, 6) is 0.608. The number of carbonyl (C=O) groups is 1. The summed E-state index contributed by atoms with van der Waals surface area (Å²) < 4.78 is 5.17. The highest BCUT2D eigenvalue weighted by atomic mass is 16.4. The molecule has 3 rings (SSSR count). The minimum absolute atomic E-state index is 0.0498. The summed E-state index contributed by atoms with van der Waals surface area (Å²) in [5, 5.41) is 13.8. The van der Waals surface area contributed by atoms with Gasteiger partial charge in [-0.25, -0.2) is 0 Å². The van der Waals surface area contributed by atoms with Crippen LogP contribution in [0.3, 0.4) is 0 Å². The Kier molecular flexibility index (Phi) is 3.96. The van der Waals surface area contributed by atoms with E-state index in [0.29, 0.717) is 5.89 Å². The van der Waals surface area contributed by atoms with Gasteiger partial charge in [-0.3, -0.25) is 4.79 Å². The molecule has 6 nitrogen and oxygen atoms in total. The third kappa shape index (κ3) is 3.11. The summed E-state index contributed by atoms with van der Waals surface area (Å²) in [6.07, 6.45) is 3.29. The standard InChI is InChI=1S/C15H18N4O2/c1-10-7-11(15-19-17-9-21-15)4-5-13(10)18-14(20)12-3-2-6-16-8-12/h4-5,7,9,12,16H,2-3,6,8H2,1H3,(H,18,20)/t12-/m1/s1. The normalized spacial score (nSPS) is 18.4. The van der Waals surface area contributed by atoms with Crippen molar-refractivity contribution in [1.82, 2.24) is 15.5 Å². The highest BCUT2D eigenvalue weighted by Crippen LogP contribution is 2.24. The first kappa shape index (κ1) is 13.8. The molecule has 0 bridgehead atoms. The van der Waals surface area contributed by atoms with Crippen molar-refractivity contribution < 1.29 is 9.21 Å². The molecule has 1 aromatic heterocycles. The molecule has 1 aromatic carbocycles. The van der Waals surface area contributed by atoms with Gasteiger partial charge in [0.1, 0.15) is 0 Å². The maximum absolute atomic E-state index is 12.2. The minimum Gasteiger partial charge on any atom is -0.423 e. The zero-order valence-electron chi connectivity index (χ0n) is 11.9. The molecular weight excluding hydrogens is 268 g/mol. The smallest absolute Gasteiger partial charge is 0.247 e. The van der Waals surface area contributed by atoms with Gasteiger partial charge in [0.25, 0.3) is 0 Å². The number of amides is 1. The third-order valence-electron chi connectivity index (χ3n) is 3.76. The SMILES string of the molecule is Cc1cc(-c2nnco2)ccc1NC(=O)[C@@H]1CCCNC1. The van der Waals surface area contributed by atoms with E-state index in [4.69, 9.17) is 4.42 Å². The van der Waals surface area contributed by atoms with Crippen molar-refractivity contribution in [3.05, 3.63) is 30.2 Å². The molecule has 1 amide bonds. The van der Waals surface area contributed by atoms with Crippen LogP contribution in [0.4, 0.5) is 5.69 Å². The number of hydrogen-bond acceptors (Lipinski definition) is 5. The predicted octanol–water partition coefficient (Wildman–Crippen LogP) is 1.98. The van der Waals surface area contributed by atoms with E-state index in [2.05, 4.69) is 20.8 Å². The van der Waals surface area contributed by atoms with Gasteiger partial charge in [-0.15, -0.1) is 10.2 Å². The van der Waals surface area contributed by atoms with Crippen molar-refractivity contribution in [2.75, 3.05) is 18.4 Å². The van der Waals surface area contributed by atoms with Gasteiger partial charge in [0, 0.05) is 17.8 Å². The topological polar surface area (TPSA) is 80.1 Å². The molecule has 110 valence electrons. The van der Waals surface area contributed by atoms with E-state index < -0.39 is 0 Å². The third-order valence-corrected chi connectivity index (χ3v) is 3.76. The van der Waals surface area contributed by atoms with Gasteiger partial charge in [-0.1, -0.05) is 0 Å². The lowest BCUT2D eigenvalue weighted by Crippen LogP contribution is -2.37. The molecule has 1 atom stereocenters. The van der Waals surface area contributed by atoms with Crippen LogP contribution in [0.15, 0.2) is 29.0 Å². The molecule has 2 N–H and O–H groups in total. The van der Waals surface area contributed by atoms with Gasteiger partial charge in [-0.2, -0.15) is 0 Å². The summed E-state index contributed by atoms with van der Waals surface area (Å²) >= 11 is 0. The maximum Gasteiger partial charge on any atom is 0.247 e. The van der Waals surface area contributed by atoms with Crippen molar-refractivity contribution in [3.63, 3.8) is 0 Å². The fourth-order valence-corrected chi connectivity index (χ4v) is 2.55. The highest BCUT2D eigenvalue weighted by molar-refractivity contribution is 5.93. The van der Waals surface area contributed by atoms with Crippen LogP contribution in [-0.2, 0) is 4.79 Å². The van der Waals surface area contributed by atoms with Crippen molar-refractivity contribution in [2.45, 2.75) is 19.8 Å². The van der Waals surface area contributed by atoms with Gasteiger partial charge in [-0.05, 0) is 50.1 Å². The molecule has 0 aliphatic carbocycles. The van der Waals surface area contributed by atoms with Crippen LogP contribution >= 0.6 is 0 Å². The Hall–Kier alpha value is -2.21. The van der Waals surface area contributed by atoms with Crippen molar-refractivity contribution >= 4 is 11.6 Å². The number of benzene rings is 1. The number of aromatic nitrogens is 2. The summed E-state index contributed by atoms with van der Waals surface area (Å²) in [6, 6.07) is 5.68. The average molecular weight is 286 g/mol. The molecule has 0 radical (unpaired) electrons. The Morgan fingerprint density at radius 2 is 2.38 bits per heavy atom. The minimum atomic E-state index is 0.0498. The molecule has 2 heterocycles. The van der Waals surface area contributed by atoms with Crippen molar-refractivity contribution in [2.24, 2.45) is 5.92 Å². The lowest BCUT2D eigenvalue weighted by molar-refractivity contribution is -0.120. The molecule has 2 aromatic rings. The van der Waals surface area contributed by atoms with E-state index in [9.17, 15) is 4.79 Å². The van der Waals surface area contributed by atoms with Gasteiger partial charge in [0.2, 0.25) is 18.2 Å². The summed E-state index contributed by atoms with van der Waals surface area (Å²) in [6.45, 7) is 3.71. The Morgan fingerprint density at radius 1 is 1.48 bits per heavy atom. The molecule has 1 aliphatic heterocycles. The molecular formula is C15H18N4O2. The number of anilines is 1. The van der Waals surface area contributed by atoms with Crippen LogP contribution in [0.2, 0.25) is 0 Å². The second-order valence-corrected chi connectivity index (χ2v) is 5.31. The molecule has 21 heavy (non-hydrogen) atoms. The largest absolute Gasteiger partial charge is 0.423 e. The quantitative estimate of drug-likeness (QED) is 0.902. The zero-order chi connectivity index (χ0) is 14.7. The molecule has 0 saturated carbocycles. The lowest BCUT2D eigenvalue weighted by Gasteiger charge is -2.22. The molecule has 1 fully saturated rings. The summed E-state index contributed by atoms with van der Waals surface area (Å²) in [7, 11) is 0. The fourth-order valence-electron chi connectivity index (χ4n) is 2.55. The second-order valence-electron chi connectivity index (χ2n) is 5.31.